The van der Waals surface area contributed by atoms with Gasteiger partial charge in [0, 0.05) is 17.7 Å². The average molecular weight is 1460 g/mol. The molecule has 0 heterocycles. The van der Waals surface area contributed by atoms with Gasteiger partial charge >= 0.3 is 0 Å². The van der Waals surface area contributed by atoms with Crippen LogP contribution in [0.25, 0.3) is 0 Å². The minimum absolute atomic E-state index is 0.0229. The molecule has 99 heavy (non-hydrogen) atoms. The third-order valence-corrected chi connectivity index (χ3v) is 21.1. The molecule has 2 atom stereocenters. The van der Waals surface area contributed by atoms with Crippen LogP contribution in [0.1, 0.15) is 80.2 Å². The van der Waals surface area contributed by atoms with Crippen molar-refractivity contribution in [1.82, 2.24) is 0 Å². The molecule has 0 aliphatic rings. The minimum Gasteiger partial charge on any atom is -0.744 e. The lowest BCUT2D eigenvalue weighted by molar-refractivity contribution is 0.281. The van der Waals surface area contributed by atoms with Crippen molar-refractivity contribution in [2.75, 3.05) is 14.2 Å². The van der Waals surface area contributed by atoms with E-state index in [1.165, 1.54) is 66.5 Å². The number of aryl methyl sites for hydroxylation is 2. The predicted octanol–water partition coefficient (Wildman–Crippen LogP) is 19.4. The van der Waals surface area contributed by atoms with Crippen LogP contribution in [0.4, 0.5) is 52.7 Å². The largest absolute Gasteiger partial charge is 0.744 e. The maximum Gasteiger partial charge on any atom is 0.205 e. The Labute approximate surface area is 571 Å². The van der Waals surface area contributed by atoms with Gasteiger partial charge in [-0.15, -0.1) is 0 Å². The zero-order chi connectivity index (χ0) is 72.8. The second-order valence-electron chi connectivity index (χ2n) is 21.7. The number of halogens is 12. The highest BCUT2D eigenvalue weighted by Gasteiger charge is 2.36. The standard InChI is InChI=1S/C21H21O2S.C19H17S.C17H16F4O4S.C16H10F8O4S/c1-16-7-4-10-19(13-16)24(20-11-5-8-17(14-20)22-2)21-12-6-9-18(15-21)23-3;1-16-12-14-19(15-13-16)20(17-8-4-2-5-9-17)18-10-6-3-7-11-18;1-3-9(2)10-4-6-11(7-5-10)25-8-12-13(18)15(20)17(26(22,23)24)16(21)14(12)19;1-3-4(2)5-6(17)8(19)14(9(20)7(5)18)28-15-10(21)12(23)16(29(25,26)27)13(24)11(15)22/h4-15H,1-3H3;2-15H,1H3;4-7,9H,3,8H2,1-2H3,(H,22,23,24);4H,3H2,1-2H3,(H,25,26,27)/q2*+1;;/p-2. The Hall–Kier alpha value is -8.92. The summed E-state index contributed by atoms with van der Waals surface area (Å²) in [5, 5.41) is 0. The molecule has 10 aromatic carbocycles. The molecule has 10 aromatic rings. The molecule has 0 fully saturated rings. The van der Waals surface area contributed by atoms with Gasteiger partial charge in [-0.25, -0.2) is 52.0 Å². The predicted molar refractivity (Wildman–Crippen MR) is 349 cm³/mol. The molecule has 0 saturated heterocycles. The maximum absolute atomic E-state index is 14.1. The van der Waals surface area contributed by atoms with Crippen molar-refractivity contribution in [3.05, 3.63) is 280 Å². The summed E-state index contributed by atoms with van der Waals surface area (Å²) in [6, 6.07) is 62.2. The molecule has 0 radical (unpaired) electrons. The molecule has 0 amide bonds. The summed E-state index contributed by atoms with van der Waals surface area (Å²) in [5.41, 5.74) is 1.38. The summed E-state index contributed by atoms with van der Waals surface area (Å²) in [4.78, 5) is 3.11. The first kappa shape index (κ1) is 77.4. The van der Waals surface area contributed by atoms with E-state index in [1.807, 2.05) is 38.1 Å². The van der Waals surface area contributed by atoms with Crippen LogP contribution in [0.3, 0.4) is 0 Å². The van der Waals surface area contributed by atoms with E-state index in [9.17, 15) is 78.6 Å². The molecule has 2 unspecified atom stereocenters. The quantitative estimate of drug-likeness (QED) is 0.0331. The smallest absolute Gasteiger partial charge is 0.205 e. The van der Waals surface area contributed by atoms with Crippen LogP contribution in [0, 0.1) is 83.7 Å². The molecule has 26 heteroatoms. The van der Waals surface area contributed by atoms with Crippen LogP contribution in [-0.2, 0) is 48.6 Å². The number of methoxy groups -OCH3 is 2. The molecule has 0 saturated carbocycles. The molecule has 0 aliphatic carbocycles. The molecule has 0 aliphatic heterocycles. The van der Waals surface area contributed by atoms with Crippen LogP contribution >= 0.6 is 0 Å². The van der Waals surface area contributed by atoms with Crippen LogP contribution in [0.15, 0.2) is 221 Å². The molecular formula is C73H62F12O10S4. The van der Waals surface area contributed by atoms with Gasteiger partial charge in [0.15, 0.2) is 75.9 Å². The van der Waals surface area contributed by atoms with Gasteiger partial charge in [-0.05, 0) is 135 Å². The van der Waals surface area contributed by atoms with E-state index in [-0.39, 0.29) is 34.0 Å². The Morgan fingerprint density at radius 3 is 1.14 bits per heavy atom. The second kappa shape index (κ2) is 34.2. The van der Waals surface area contributed by atoms with E-state index in [4.69, 9.17) is 14.2 Å². The molecule has 10 rings (SSSR count). The summed E-state index contributed by atoms with van der Waals surface area (Å²) >= 11 is 0. The van der Waals surface area contributed by atoms with Crippen molar-refractivity contribution >= 4 is 42.0 Å². The van der Waals surface area contributed by atoms with Crippen molar-refractivity contribution in [3.63, 3.8) is 0 Å². The van der Waals surface area contributed by atoms with Crippen LogP contribution in [0.2, 0.25) is 0 Å². The van der Waals surface area contributed by atoms with Crippen LogP contribution in [-0.4, -0.2) is 40.2 Å². The lowest BCUT2D eigenvalue weighted by atomic mass is 9.96. The minimum atomic E-state index is -6.05. The van der Waals surface area contributed by atoms with Crippen LogP contribution in [0.5, 0.6) is 28.7 Å². The molecule has 0 bridgehead atoms. The van der Waals surface area contributed by atoms with Crippen molar-refractivity contribution in [2.24, 2.45) is 0 Å². The third kappa shape index (κ3) is 18.7. The first-order chi connectivity index (χ1) is 46.9. The average Bonchev–Trinajstić information content (AvgIpc) is 0.783. The van der Waals surface area contributed by atoms with E-state index in [1.54, 1.807) is 26.4 Å². The Balaban J connectivity index is 0.000000187. The summed E-state index contributed by atoms with van der Waals surface area (Å²) < 4.78 is 251. The SMILES string of the molecule is CCC(C)c1c(F)c(F)c(Oc2c(F)c(F)c(S(=O)(=O)[O-])c(F)c2F)c(F)c1F.CCC(C)c1ccc(OCc2c(F)c(F)c(S(=O)(=O)[O-])c(F)c2F)cc1.COc1cccc([S+](c2cccc(C)c2)c2cccc(OC)c2)c1.Cc1ccc([S+](c2ccccc2)c2ccccc2)cc1. The van der Waals surface area contributed by atoms with Gasteiger partial charge in [-0.3, -0.25) is 0 Å². The van der Waals surface area contributed by atoms with Crippen molar-refractivity contribution in [2.45, 2.75) is 112 Å². The monoisotopic (exact) mass is 1450 g/mol. The summed E-state index contributed by atoms with van der Waals surface area (Å²) in [6.45, 7) is 10.0. The van der Waals surface area contributed by atoms with Gasteiger partial charge in [-0.1, -0.05) is 118 Å². The summed E-state index contributed by atoms with van der Waals surface area (Å²) in [7, 11) is -8.60. The fraction of sp³-hybridized carbons (Fsp3) is 0.178. The van der Waals surface area contributed by atoms with E-state index in [0.717, 1.165) is 23.5 Å². The zero-order valence-corrected chi connectivity index (χ0v) is 57.1. The topological polar surface area (TPSA) is 151 Å². The summed E-state index contributed by atoms with van der Waals surface area (Å²) in [6.07, 6.45) is 0.946. The highest BCUT2D eigenvalue weighted by atomic mass is 32.2. The summed E-state index contributed by atoms with van der Waals surface area (Å²) in [5.74, 6) is -31.0. The zero-order valence-electron chi connectivity index (χ0n) is 53.8. The van der Waals surface area contributed by atoms with E-state index >= 15 is 0 Å². The lowest BCUT2D eigenvalue weighted by Gasteiger charge is -2.18. The number of rotatable bonds is 19. The third-order valence-electron chi connectivity index (χ3n) is 15.0. The van der Waals surface area contributed by atoms with Gasteiger partial charge in [-0.2, -0.15) is 17.6 Å². The fourth-order valence-electron chi connectivity index (χ4n) is 9.45. The first-order valence-electron chi connectivity index (χ1n) is 29.8. The lowest BCUT2D eigenvalue weighted by Crippen LogP contribution is -2.14. The fourth-order valence-corrected chi connectivity index (χ4v) is 15.0. The van der Waals surface area contributed by atoms with Crippen molar-refractivity contribution in [1.29, 1.82) is 0 Å². The Bertz CT molecular complexity index is 4520. The van der Waals surface area contributed by atoms with Gasteiger partial charge < -0.3 is 28.1 Å². The Morgan fingerprint density at radius 1 is 0.384 bits per heavy atom. The Kier molecular flexibility index (Phi) is 26.8. The number of benzene rings is 10. The van der Waals surface area contributed by atoms with E-state index in [2.05, 4.69) is 152 Å². The highest BCUT2D eigenvalue weighted by Crippen LogP contribution is 2.42. The van der Waals surface area contributed by atoms with Gasteiger partial charge in [0.1, 0.15) is 53.9 Å². The van der Waals surface area contributed by atoms with E-state index in [0.29, 0.717) is 5.92 Å². The molecular weight excluding hydrogens is 1390 g/mol. The number of hydrogen-bond donors (Lipinski definition) is 0. The molecule has 10 nitrogen and oxygen atoms in total. The molecule has 0 spiro atoms. The first-order valence-corrected chi connectivity index (χ1v) is 35.0. The molecule has 522 valence electrons. The van der Waals surface area contributed by atoms with Gasteiger partial charge in [0.05, 0.1) is 41.6 Å². The number of hydrogen-bond acceptors (Lipinski definition) is 10. The van der Waals surface area contributed by atoms with Gasteiger partial charge in [0.2, 0.25) is 34.8 Å². The maximum atomic E-state index is 14.1. The molecule has 0 aromatic heterocycles. The highest BCUT2D eigenvalue weighted by molar-refractivity contribution is 7.97. The molecule has 0 N–H and O–H groups in total. The van der Waals surface area contributed by atoms with Gasteiger partial charge in [0.25, 0.3) is 0 Å². The van der Waals surface area contributed by atoms with Crippen molar-refractivity contribution < 1.29 is 97.6 Å². The van der Waals surface area contributed by atoms with E-state index < -0.39 is 135 Å². The normalized spacial score (nSPS) is 11.9. The number of ether oxygens (including phenoxy) is 4. The van der Waals surface area contributed by atoms with Crippen molar-refractivity contribution in [3.8, 4) is 28.7 Å². The van der Waals surface area contributed by atoms with Crippen LogP contribution < -0.4 is 18.9 Å². The Morgan fingerprint density at radius 2 is 0.747 bits per heavy atom. The second-order valence-corrected chi connectivity index (χ2v) is 28.4.